The third-order valence-corrected chi connectivity index (χ3v) is 6.27. The molecule has 0 amide bonds. The van der Waals surface area contributed by atoms with Crippen LogP contribution in [0.25, 0.3) is 0 Å². The first kappa shape index (κ1) is 24.7. The maximum absolute atomic E-state index is 11.4. The Kier molecular flexibility index (Phi) is 9.06. The summed E-state index contributed by atoms with van der Waals surface area (Å²) in [5.41, 5.74) is 0.991. The molecule has 174 valence electrons. The van der Waals surface area contributed by atoms with E-state index in [1.807, 2.05) is 61.3 Å². The number of carbonyl (C=O) groups is 1. The third-order valence-electron chi connectivity index (χ3n) is 4.73. The van der Waals surface area contributed by atoms with Crippen molar-refractivity contribution in [1.82, 2.24) is 9.59 Å². The number of esters is 1. The summed E-state index contributed by atoms with van der Waals surface area (Å²) in [7, 11) is 1.33. The Hall–Kier alpha value is -1.98. The first-order valence-electron chi connectivity index (χ1n) is 10.3. The van der Waals surface area contributed by atoms with Crippen molar-refractivity contribution in [1.29, 1.82) is 0 Å². The van der Waals surface area contributed by atoms with Crippen LogP contribution in [0.2, 0.25) is 0 Å². The molecule has 0 saturated carbocycles. The summed E-state index contributed by atoms with van der Waals surface area (Å²) in [6.45, 7) is 6.62. The number of nitrogens with zero attached hydrogens (tertiary/aromatic N) is 3. The first-order chi connectivity index (χ1) is 15.4. The van der Waals surface area contributed by atoms with Gasteiger partial charge in [0.2, 0.25) is 0 Å². The molecular weight excluding hydrogens is 498 g/mol. The van der Waals surface area contributed by atoms with Crippen molar-refractivity contribution >= 4 is 39.5 Å². The predicted octanol–water partition coefficient (Wildman–Crippen LogP) is 4.22. The van der Waals surface area contributed by atoms with Gasteiger partial charge < -0.3 is 19.1 Å². The molecule has 0 atom stereocenters. The lowest BCUT2D eigenvalue weighted by molar-refractivity contribution is -0.159. The first-order valence-corrected chi connectivity index (χ1v) is 11.8. The summed E-state index contributed by atoms with van der Waals surface area (Å²) in [5.74, 6) is 0.963. The minimum absolute atomic E-state index is 0.125. The summed E-state index contributed by atoms with van der Waals surface area (Å²) in [4.78, 5) is 14.5. The fraction of sp³-hybridized carbons (Fsp3) is 0.409. The molecule has 1 aliphatic heterocycles. The van der Waals surface area contributed by atoms with Crippen LogP contribution in [0, 0.1) is 0 Å². The number of piperazine rings is 1. The van der Waals surface area contributed by atoms with Crippen LogP contribution < -0.4 is 14.4 Å². The van der Waals surface area contributed by atoms with Gasteiger partial charge in [0.25, 0.3) is 0 Å². The molecule has 2 aromatic carbocycles. The Morgan fingerprint density at radius 3 is 2.47 bits per heavy atom. The Morgan fingerprint density at radius 2 is 1.84 bits per heavy atom. The highest BCUT2D eigenvalue weighted by Crippen LogP contribution is 2.31. The molecule has 8 nitrogen and oxygen atoms in total. The van der Waals surface area contributed by atoms with E-state index in [1.54, 1.807) is 0 Å². The van der Waals surface area contributed by atoms with Crippen LogP contribution in [0.3, 0.4) is 0 Å². The second kappa shape index (κ2) is 11.8. The quantitative estimate of drug-likeness (QED) is 0.294. The number of hydrazine groups is 1. The van der Waals surface area contributed by atoms with E-state index < -0.39 is 5.97 Å². The van der Waals surface area contributed by atoms with Gasteiger partial charge in [0.1, 0.15) is 11.5 Å². The largest absolute Gasteiger partial charge is 0.491 e. The van der Waals surface area contributed by atoms with Gasteiger partial charge >= 0.3 is 5.97 Å². The van der Waals surface area contributed by atoms with Crippen LogP contribution >= 0.6 is 27.9 Å². The fourth-order valence-corrected chi connectivity index (χ4v) is 4.21. The molecule has 0 bridgehead atoms. The standard InChI is InChI=1S/C22H28BrN3O5S/c1-16(2)31-18-5-7-19(8-6-18)32-26(28)25-12-10-24(11-13-25)17-4-9-20(23)21(14-17)30-15-22(27)29-3/h4-9,14,16,28H,10-13,15H2,1-3H3. The van der Waals surface area contributed by atoms with E-state index in [0.717, 1.165) is 33.9 Å². The Morgan fingerprint density at radius 1 is 1.16 bits per heavy atom. The number of hydrogen-bond donors (Lipinski definition) is 1. The second-order valence-electron chi connectivity index (χ2n) is 7.40. The highest BCUT2D eigenvalue weighted by atomic mass is 79.9. The van der Waals surface area contributed by atoms with Gasteiger partial charge in [-0.2, -0.15) is 0 Å². The van der Waals surface area contributed by atoms with Gasteiger partial charge in [-0.1, -0.05) is 4.58 Å². The van der Waals surface area contributed by atoms with Crippen molar-refractivity contribution < 1.29 is 24.2 Å². The van der Waals surface area contributed by atoms with E-state index in [9.17, 15) is 10.0 Å². The SMILES string of the molecule is COC(=O)COc1cc(N2CCN(N(O)Sc3ccc(OC(C)C)cc3)CC2)ccc1Br. The molecule has 0 aliphatic carbocycles. The molecule has 0 spiro atoms. The maximum Gasteiger partial charge on any atom is 0.343 e. The lowest BCUT2D eigenvalue weighted by atomic mass is 10.2. The number of benzene rings is 2. The van der Waals surface area contributed by atoms with Gasteiger partial charge in [0.05, 0.1) is 17.7 Å². The molecule has 3 rings (SSSR count). The summed E-state index contributed by atoms with van der Waals surface area (Å²) in [5, 5.41) is 12.4. The van der Waals surface area contributed by atoms with E-state index in [4.69, 9.17) is 9.47 Å². The lowest BCUT2D eigenvalue weighted by Gasteiger charge is -2.38. The number of methoxy groups -OCH3 is 1. The van der Waals surface area contributed by atoms with Crippen LogP contribution in [-0.2, 0) is 9.53 Å². The van der Waals surface area contributed by atoms with E-state index in [0.29, 0.717) is 18.8 Å². The number of anilines is 1. The van der Waals surface area contributed by atoms with Gasteiger partial charge in [-0.05, 0) is 66.2 Å². The van der Waals surface area contributed by atoms with E-state index >= 15 is 0 Å². The molecule has 2 aromatic rings. The van der Waals surface area contributed by atoms with Crippen molar-refractivity contribution in [2.24, 2.45) is 0 Å². The van der Waals surface area contributed by atoms with E-state index in [-0.39, 0.29) is 12.7 Å². The number of rotatable bonds is 9. The molecule has 1 N–H and O–H groups in total. The Balaban J connectivity index is 1.52. The van der Waals surface area contributed by atoms with Gasteiger partial charge in [-0.15, -0.1) is 0 Å². The van der Waals surface area contributed by atoms with E-state index in [1.165, 1.54) is 23.6 Å². The molecule has 0 radical (unpaired) electrons. The molecule has 32 heavy (non-hydrogen) atoms. The summed E-state index contributed by atoms with van der Waals surface area (Å²) in [6.07, 6.45) is 0.125. The van der Waals surface area contributed by atoms with Crippen LogP contribution in [0.5, 0.6) is 11.5 Å². The maximum atomic E-state index is 11.4. The third kappa shape index (κ3) is 7.01. The van der Waals surface area contributed by atoms with Crippen molar-refractivity contribution in [3.05, 3.63) is 46.9 Å². The van der Waals surface area contributed by atoms with Crippen LogP contribution in [0.4, 0.5) is 5.69 Å². The van der Waals surface area contributed by atoms with Crippen LogP contribution in [0.15, 0.2) is 51.8 Å². The minimum Gasteiger partial charge on any atom is -0.491 e. The minimum atomic E-state index is -0.432. The lowest BCUT2D eigenvalue weighted by Crippen LogP contribution is -2.50. The van der Waals surface area contributed by atoms with Gasteiger partial charge in [0.15, 0.2) is 6.61 Å². The molecule has 1 heterocycles. The van der Waals surface area contributed by atoms with Crippen molar-refractivity contribution in [3.63, 3.8) is 0 Å². The van der Waals surface area contributed by atoms with Gasteiger partial charge in [0, 0.05) is 54.8 Å². The average molecular weight is 526 g/mol. The fourth-order valence-electron chi connectivity index (χ4n) is 3.12. The highest BCUT2D eigenvalue weighted by Gasteiger charge is 2.23. The summed E-state index contributed by atoms with van der Waals surface area (Å²) < 4.78 is 17.8. The van der Waals surface area contributed by atoms with Crippen molar-refractivity contribution in [2.45, 2.75) is 24.8 Å². The zero-order valence-electron chi connectivity index (χ0n) is 18.4. The topological polar surface area (TPSA) is 74.7 Å². The number of hydrogen-bond acceptors (Lipinski definition) is 9. The zero-order chi connectivity index (χ0) is 23.1. The van der Waals surface area contributed by atoms with Crippen molar-refractivity contribution in [3.8, 4) is 11.5 Å². The highest BCUT2D eigenvalue weighted by molar-refractivity contribution is 9.10. The molecule has 1 saturated heterocycles. The monoisotopic (exact) mass is 525 g/mol. The molecule has 0 aromatic heterocycles. The smallest absolute Gasteiger partial charge is 0.343 e. The molecule has 1 fully saturated rings. The molecular formula is C22H28BrN3O5S. The number of ether oxygens (including phenoxy) is 3. The van der Waals surface area contributed by atoms with Crippen LogP contribution in [0.1, 0.15) is 13.8 Å². The number of carbonyl (C=O) groups excluding carboxylic acids is 1. The Labute approximate surface area is 201 Å². The van der Waals surface area contributed by atoms with Gasteiger partial charge in [-0.25, -0.2) is 9.80 Å². The van der Waals surface area contributed by atoms with Gasteiger partial charge in [-0.3, -0.25) is 5.21 Å². The second-order valence-corrected chi connectivity index (χ2v) is 9.24. The molecule has 1 aliphatic rings. The van der Waals surface area contributed by atoms with Crippen LogP contribution in [-0.4, -0.2) is 66.8 Å². The zero-order valence-corrected chi connectivity index (χ0v) is 20.8. The summed E-state index contributed by atoms with van der Waals surface area (Å²) >= 11 is 4.71. The predicted molar refractivity (Wildman–Crippen MR) is 127 cm³/mol. The summed E-state index contributed by atoms with van der Waals surface area (Å²) in [6, 6.07) is 13.5. The normalized spacial score (nSPS) is 14.7. The molecule has 10 heteroatoms. The average Bonchev–Trinajstić information content (AvgIpc) is 2.79. The number of halogens is 1. The Bertz CT molecular complexity index is 892. The van der Waals surface area contributed by atoms with Crippen molar-refractivity contribution in [2.75, 3.05) is 44.8 Å². The van der Waals surface area contributed by atoms with E-state index in [2.05, 4.69) is 25.6 Å². The molecule has 0 unspecified atom stereocenters.